The second-order valence-electron chi connectivity index (χ2n) is 5.29. The van der Waals surface area contributed by atoms with Crippen molar-refractivity contribution in [2.75, 3.05) is 6.54 Å². The Balaban J connectivity index is 2.22. The lowest BCUT2D eigenvalue weighted by Crippen LogP contribution is -2.37. The van der Waals surface area contributed by atoms with Crippen molar-refractivity contribution >= 4 is 5.97 Å². The maximum absolute atomic E-state index is 11.2. The van der Waals surface area contributed by atoms with Crippen LogP contribution in [0.3, 0.4) is 0 Å². The van der Waals surface area contributed by atoms with Crippen LogP contribution >= 0.6 is 0 Å². The summed E-state index contributed by atoms with van der Waals surface area (Å²) < 4.78 is 0. The molecule has 0 amide bonds. The van der Waals surface area contributed by atoms with E-state index in [1.807, 2.05) is 30.3 Å². The first-order valence-electron chi connectivity index (χ1n) is 7.25. The van der Waals surface area contributed by atoms with Crippen LogP contribution in [-0.4, -0.2) is 28.6 Å². The van der Waals surface area contributed by atoms with E-state index in [0.29, 0.717) is 6.04 Å². The van der Waals surface area contributed by atoms with Crippen LogP contribution < -0.4 is 0 Å². The molecule has 1 atom stereocenters. The fourth-order valence-corrected chi connectivity index (χ4v) is 3.24. The van der Waals surface area contributed by atoms with E-state index in [4.69, 9.17) is 0 Å². The Kier molecular flexibility index (Phi) is 4.97. The van der Waals surface area contributed by atoms with Gasteiger partial charge >= 0.3 is 5.97 Å². The Bertz CT molecular complexity index is 398. The molecule has 1 unspecified atom stereocenters. The maximum atomic E-state index is 11.2. The fraction of sp³-hybridized carbons (Fsp3) is 0.562. The molecule has 104 valence electrons. The van der Waals surface area contributed by atoms with Crippen LogP contribution in [0, 0.1) is 0 Å². The van der Waals surface area contributed by atoms with Gasteiger partial charge < -0.3 is 5.11 Å². The molecule has 1 saturated carbocycles. The minimum atomic E-state index is -0.717. The van der Waals surface area contributed by atoms with Crippen LogP contribution in [0.2, 0.25) is 0 Å². The van der Waals surface area contributed by atoms with Gasteiger partial charge in [0.2, 0.25) is 0 Å². The van der Waals surface area contributed by atoms with Gasteiger partial charge in [0.25, 0.3) is 0 Å². The zero-order chi connectivity index (χ0) is 13.7. The molecule has 1 fully saturated rings. The number of benzene rings is 1. The Labute approximate surface area is 115 Å². The normalized spacial score (nSPS) is 17.8. The van der Waals surface area contributed by atoms with E-state index in [2.05, 4.69) is 11.8 Å². The van der Waals surface area contributed by atoms with Gasteiger partial charge in [-0.2, -0.15) is 0 Å². The molecule has 0 bridgehead atoms. The number of hydrogen-bond donors (Lipinski definition) is 1. The molecule has 0 saturated heterocycles. The molecule has 1 aromatic rings. The summed E-state index contributed by atoms with van der Waals surface area (Å²) in [6.07, 6.45) is 5.15. The van der Waals surface area contributed by atoms with Crippen LogP contribution in [-0.2, 0) is 4.79 Å². The summed E-state index contributed by atoms with van der Waals surface area (Å²) in [6.45, 7) is 3.05. The van der Waals surface area contributed by atoms with Gasteiger partial charge in [-0.25, -0.2) is 0 Å². The Morgan fingerprint density at radius 2 is 1.95 bits per heavy atom. The Morgan fingerprint density at radius 1 is 1.32 bits per heavy atom. The maximum Gasteiger partial charge on any atom is 0.305 e. The average Bonchev–Trinajstić information content (AvgIpc) is 2.93. The van der Waals surface area contributed by atoms with E-state index in [-0.39, 0.29) is 12.5 Å². The van der Waals surface area contributed by atoms with Crippen LogP contribution in [0.25, 0.3) is 0 Å². The third-order valence-electron chi connectivity index (χ3n) is 4.11. The minimum absolute atomic E-state index is 0.00630. The van der Waals surface area contributed by atoms with Crippen molar-refractivity contribution in [3.05, 3.63) is 35.9 Å². The molecule has 0 heterocycles. The first-order valence-corrected chi connectivity index (χ1v) is 7.25. The third-order valence-corrected chi connectivity index (χ3v) is 4.11. The van der Waals surface area contributed by atoms with Crippen LogP contribution in [0.1, 0.15) is 50.6 Å². The average molecular weight is 261 g/mol. The smallest absolute Gasteiger partial charge is 0.305 e. The highest BCUT2D eigenvalue weighted by Crippen LogP contribution is 2.32. The van der Waals surface area contributed by atoms with Crippen LogP contribution in [0.5, 0.6) is 0 Å². The summed E-state index contributed by atoms with van der Waals surface area (Å²) >= 11 is 0. The Hall–Kier alpha value is -1.35. The van der Waals surface area contributed by atoms with E-state index in [1.54, 1.807) is 0 Å². The molecule has 1 aromatic carbocycles. The van der Waals surface area contributed by atoms with E-state index in [0.717, 1.165) is 12.1 Å². The quantitative estimate of drug-likeness (QED) is 0.852. The number of carboxylic acids is 1. The van der Waals surface area contributed by atoms with E-state index < -0.39 is 5.97 Å². The summed E-state index contributed by atoms with van der Waals surface area (Å²) in [6, 6.07) is 10.6. The van der Waals surface area contributed by atoms with E-state index in [9.17, 15) is 9.90 Å². The molecule has 0 aliphatic heterocycles. The molecule has 0 radical (unpaired) electrons. The van der Waals surface area contributed by atoms with Crippen molar-refractivity contribution in [1.82, 2.24) is 4.90 Å². The van der Waals surface area contributed by atoms with Crippen molar-refractivity contribution in [2.24, 2.45) is 0 Å². The summed E-state index contributed by atoms with van der Waals surface area (Å²) in [5, 5.41) is 9.21. The summed E-state index contributed by atoms with van der Waals surface area (Å²) in [4.78, 5) is 13.6. The third kappa shape index (κ3) is 3.57. The molecule has 19 heavy (non-hydrogen) atoms. The predicted molar refractivity (Wildman–Crippen MR) is 76.1 cm³/mol. The number of hydrogen-bond acceptors (Lipinski definition) is 2. The zero-order valence-corrected chi connectivity index (χ0v) is 11.6. The minimum Gasteiger partial charge on any atom is -0.481 e. The number of carbonyl (C=O) groups is 1. The first kappa shape index (κ1) is 14.1. The summed E-state index contributed by atoms with van der Waals surface area (Å²) in [5.41, 5.74) is 1.12. The van der Waals surface area contributed by atoms with Crippen molar-refractivity contribution < 1.29 is 9.90 Å². The number of aliphatic carboxylic acids is 1. The van der Waals surface area contributed by atoms with Crippen LogP contribution in [0.15, 0.2) is 30.3 Å². The van der Waals surface area contributed by atoms with Crippen molar-refractivity contribution in [3.63, 3.8) is 0 Å². The van der Waals surface area contributed by atoms with Gasteiger partial charge in [-0.1, -0.05) is 50.1 Å². The second-order valence-corrected chi connectivity index (χ2v) is 5.29. The number of carboxylic acid groups (broad SMARTS) is 1. The van der Waals surface area contributed by atoms with Gasteiger partial charge in [0.05, 0.1) is 6.42 Å². The van der Waals surface area contributed by atoms with E-state index >= 15 is 0 Å². The Morgan fingerprint density at radius 3 is 2.47 bits per heavy atom. The highest BCUT2D eigenvalue weighted by atomic mass is 16.4. The molecule has 0 spiro atoms. The standard InChI is InChI=1S/C16H23NO2/c1-2-17(14-10-6-7-11-14)15(12-16(18)19)13-8-4-3-5-9-13/h3-5,8-9,14-15H,2,6-7,10-12H2,1H3,(H,18,19). The van der Waals surface area contributed by atoms with Crippen molar-refractivity contribution in [3.8, 4) is 0 Å². The molecular formula is C16H23NO2. The topological polar surface area (TPSA) is 40.5 Å². The largest absolute Gasteiger partial charge is 0.481 e. The van der Waals surface area contributed by atoms with E-state index in [1.165, 1.54) is 25.7 Å². The van der Waals surface area contributed by atoms with Gasteiger partial charge in [-0.15, -0.1) is 0 Å². The van der Waals surface area contributed by atoms with Gasteiger partial charge in [-0.3, -0.25) is 9.69 Å². The first-order chi connectivity index (χ1) is 9.22. The molecule has 2 rings (SSSR count). The van der Waals surface area contributed by atoms with Crippen molar-refractivity contribution in [2.45, 2.75) is 51.1 Å². The number of nitrogens with zero attached hydrogens (tertiary/aromatic N) is 1. The SMILES string of the molecule is CCN(C1CCCC1)C(CC(=O)O)c1ccccc1. The van der Waals surface area contributed by atoms with Crippen LogP contribution in [0.4, 0.5) is 0 Å². The highest BCUT2D eigenvalue weighted by molar-refractivity contribution is 5.68. The molecule has 1 aliphatic rings. The highest BCUT2D eigenvalue weighted by Gasteiger charge is 2.29. The molecule has 0 aromatic heterocycles. The lowest BCUT2D eigenvalue weighted by Gasteiger charge is -2.35. The predicted octanol–water partition coefficient (Wildman–Crippen LogP) is 3.47. The fourth-order valence-electron chi connectivity index (χ4n) is 3.24. The summed E-state index contributed by atoms with van der Waals surface area (Å²) in [7, 11) is 0. The number of rotatable bonds is 6. The van der Waals surface area contributed by atoms with Gasteiger partial charge in [0, 0.05) is 12.1 Å². The van der Waals surface area contributed by atoms with Gasteiger partial charge in [-0.05, 0) is 24.9 Å². The molecular weight excluding hydrogens is 238 g/mol. The lowest BCUT2D eigenvalue weighted by atomic mass is 9.99. The molecule has 3 heteroatoms. The molecule has 1 N–H and O–H groups in total. The second kappa shape index (κ2) is 6.71. The van der Waals surface area contributed by atoms with Gasteiger partial charge in [0.15, 0.2) is 0 Å². The molecule has 3 nitrogen and oxygen atoms in total. The monoisotopic (exact) mass is 261 g/mol. The van der Waals surface area contributed by atoms with Crippen molar-refractivity contribution in [1.29, 1.82) is 0 Å². The lowest BCUT2D eigenvalue weighted by molar-refractivity contribution is -0.138. The zero-order valence-electron chi connectivity index (χ0n) is 11.6. The summed E-state index contributed by atoms with van der Waals surface area (Å²) in [5.74, 6) is -0.717. The van der Waals surface area contributed by atoms with Gasteiger partial charge in [0.1, 0.15) is 0 Å². The molecule has 1 aliphatic carbocycles.